The Labute approximate surface area is 115 Å². The lowest BCUT2D eigenvalue weighted by atomic mass is 10.0. The molecule has 1 aliphatic rings. The molecule has 1 fully saturated rings. The van der Waals surface area contributed by atoms with Crippen molar-refractivity contribution in [1.82, 2.24) is 15.2 Å². The second-order valence-corrected chi connectivity index (χ2v) is 5.19. The van der Waals surface area contributed by atoms with Crippen LogP contribution in [0.1, 0.15) is 37.8 Å². The second-order valence-electron chi connectivity index (χ2n) is 4.83. The Morgan fingerprint density at radius 3 is 2.89 bits per heavy atom. The van der Waals surface area contributed by atoms with Gasteiger partial charge in [-0.05, 0) is 12.5 Å². The van der Waals surface area contributed by atoms with Gasteiger partial charge in [-0.3, -0.25) is 4.90 Å². The molecular weight excluding hydrogens is 246 g/mol. The molecule has 1 atom stereocenters. The van der Waals surface area contributed by atoms with Crippen molar-refractivity contribution in [1.29, 1.82) is 0 Å². The molecule has 1 N–H and O–H groups in total. The van der Waals surface area contributed by atoms with E-state index in [1.165, 1.54) is 24.8 Å². The third-order valence-corrected chi connectivity index (χ3v) is 3.89. The summed E-state index contributed by atoms with van der Waals surface area (Å²) in [7, 11) is 0. The van der Waals surface area contributed by atoms with E-state index in [0.29, 0.717) is 11.2 Å². The molecule has 18 heavy (non-hydrogen) atoms. The Kier molecular flexibility index (Phi) is 5.42. The SMILES string of the molecule is CCCC[C@H](c1cccnc1Cl)N1CCNCC1. The standard InChI is InChI=1S/C14H22ClN3/c1-2-3-6-13(18-10-8-16-9-11-18)12-5-4-7-17-14(12)15/h4-5,7,13,16H,2-3,6,8-11H2,1H3/t13-/m1/s1. The zero-order valence-electron chi connectivity index (χ0n) is 11.0. The quantitative estimate of drug-likeness (QED) is 0.832. The van der Waals surface area contributed by atoms with E-state index in [1.807, 2.05) is 6.07 Å². The van der Waals surface area contributed by atoms with Crippen LogP contribution < -0.4 is 5.32 Å². The smallest absolute Gasteiger partial charge is 0.133 e. The minimum Gasteiger partial charge on any atom is -0.314 e. The van der Waals surface area contributed by atoms with Crippen molar-refractivity contribution in [3.05, 3.63) is 29.0 Å². The summed E-state index contributed by atoms with van der Waals surface area (Å²) in [6.45, 7) is 6.57. The van der Waals surface area contributed by atoms with Crippen LogP contribution in [0, 0.1) is 0 Å². The van der Waals surface area contributed by atoms with Crippen molar-refractivity contribution < 1.29 is 0 Å². The average molecular weight is 268 g/mol. The number of pyridine rings is 1. The molecule has 0 aliphatic carbocycles. The van der Waals surface area contributed by atoms with Gasteiger partial charge in [-0.25, -0.2) is 4.98 Å². The zero-order valence-corrected chi connectivity index (χ0v) is 11.8. The van der Waals surface area contributed by atoms with Crippen LogP contribution in [0.15, 0.2) is 18.3 Å². The molecular formula is C14H22ClN3. The van der Waals surface area contributed by atoms with Gasteiger partial charge in [0.2, 0.25) is 0 Å². The third-order valence-electron chi connectivity index (χ3n) is 3.57. The maximum absolute atomic E-state index is 6.26. The van der Waals surface area contributed by atoms with Crippen LogP contribution in [-0.2, 0) is 0 Å². The van der Waals surface area contributed by atoms with Crippen LogP contribution in [0.3, 0.4) is 0 Å². The van der Waals surface area contributed by atoms with E-state index in [0.717, 1.165) is 26.2 Å². The number of aromatic nitrogens is 1. The number of nitrogens with one attached hydrogen (secondary N) is 1. The predicted octanol–water partition coefficient (Wildman–Crippen LogP) is 2.87. The zero-order chi connectivity index (χ0) is 12.8. The van der Waals surface area contributed by atoms with Crippen molar-refractivity contribution in [2.24, 2.45) is 0 Å². The number of halogens is 1. The van der Waals surface area contributed by atoms with Gasteiger partial charge in [0.1, 0.15) is 5.15 Å². The lowest BCUT2D eigenvalue weighted by Crippen LogP contribution is -2.45. The van der Waals surface area contributed by atoms with Crippen LogP contribution in [-0.4, -0.2) is 36.1 Å². The van der Waals surface area contributed by atoms with Gasteiger partial charge in [0.25, 0.3) is 0 Å². The highest BCUT2D eigenvalue weighted by atomic mass is 35.5. The molecule has 4 heteroatoms. The molecule has 2 heterocycles. The van der Waals surface area contributed by atoms with Gasteiger partial charge in [-0.1, -0.05) is 37.4 Å². The average Bonchev–Trinajstić information content (AvgIpc) is 2.42. The van der Waals surface area contributed by atoms with Crippen LogP contribution in [0.25, 0.3) is 0 Å². The van der Waals surface area contributed by atoms with E-state index in [1.54, 1.807) is 6.20 Å². The van der Waals surface area contributed by atoms with Crippen molar-refractivity contribution in [3.8, 4) is 0 Å². The molecule has 2 rings (SSSR count). The topological polar surface area (TPSA) is 28.2 Å². The first-order valence-corrected chi connectivity index (χ1v) is 7.26. The maximum Gasteiger partial charge on any atom is 0.133 e. The summed E-state index contributed by atoms with van der Waals surface area (Å²) in [6, 6.07) is 4.54. The van der Waals surface area contributed by atoms with Crippen molar-refractivity contribution >= 4 is 11.6 Å². The predicted molar refractivity (Wildman–Crippen MR) is 76.0 cm³/mol. The fourth-order valence-electron chi connectivity index (χ4n) is 2.57. The molecule has 0 aromatic carbocycles. The highest BCUT2D eigenvalue weighted by molar-refractivity contribution is 6.30. The molecule has 0 amide bonds. The first-order chi connectivity index (χ1) is 8.83. The molecule has 0 saturated carbocycles. The molecule has 1 aliphatic heterocycles. The highest BCUT2D eigenvalue weighted by Crippen LogP contribution is 2.30. The Balaban J connectivity index is 2.15. The summed E-state index contributed by atoms with van der Waals surface area (Å²) in [5.41, 5.74) is 1.19. The number of nitrogens with zero attached hydrogens (tertiary/aromatic N) is 2. The Morgan fingerprint density at radius 2 is 2.22 bits per heavy atom. The summed E-state index contributed by atoms with van der Waals surface area (Å²) in [4.78, 5) is 6.76. The largest absolute Gasteiger partial charge is 0.314 e. The lowest BCUT2D eigenvalue weighted by molar-refractivity contribution is 0.163. The highest BCUT2D eigenvalue weighted by Gasteiger charge is 2.23. The van der Waals surface area contributed by atoms with Gasteiger partial charge >= 0.3 is 0 Å². The maximum atomic E-state index is 6.26. The van der Waals surface area contributed by atoms with Crippen molar-refractivity contribution in [2.75, 3.05) is 26.2 Å². The van der Waals surface area contributed by atoms with Gasteiger partial charge < -0.3 is 5.32 Å². The first kappa shape index (κ1) is 13.8. The Bertz CT molecular complexity index is 364. The number of piperazine rings is 1. The summed E-state index contributed by atoms with van der Waals surface area (Å²) < 4.78 is 0. The fraction of sp³-hybridized carbons (Fsp3) is 0.643. The van der Waals surface area contributed by atoms with E-state index in [9.17, 15) is 0 Å². The minimum atomic E-state index is 0.424. The molecule has 0 spiro atoms. The molecule has 1 aromatic rings. The third kappa shape index (κ3) is 3.44. The number of unbranched alkanes of at least 4 members (excludes halogenated alkanes) is 1. The van der Waals surface area contributed by atoms with Crippen LogP contribution in [0.5, 0.6) is 0 Å². The van der Waals surface area contributed by atoms with Crippen molar-refractivity contribution in [2.45, 2.75) is 32.2 Å². The molecule has 0 unspecified atom stereocenters. The van der Waals surface area contributed by atoms with Crippen LogP contribution in [0.2, 0.25) is 5.15 Å². The van der Waals surface area contributed by atoms with E-state index < -0.39 is 0 Å². The molecule has 3 nitrogen and oxygen atoms in total. The van der Waals surface area contributed by atoms with Gasteiger partial charge in [-0.2, -0.15) is 0 Å². The second kappa shape index (κ2) is 7.07. The van der Waals surface area contributed by atoms with Crippen LogP contribution >= 0.6 is 11.6 Å². The van der Waals surface area contributed by atoms with Gasteiger partial charge in [0.05, 0.1) is 0 Å². The molecule has 0 radical (unpaired) electrons. The molecule has 100 valence electrons. The van der Waals surface area contributed by atoms with Gasteiger partial charge in [0.15, 0.2) is 0 Å². The summed E-state index contributed by atoms with van der Waals surface area (Å²) in [6.07, 6.45) is 5.39. The van der Waals surface area contributed by atoms with Crippen LogP contribution in [0.4, 0.5) is 0 Å². The minimum absolute atomic E-state index is 0.424. The summed E-state index contributed by atoms with van der Waals surface area (Å²) in [5, 5.41) is 4.07. The van der Waals surface area contributed by atoms with E-state index >= 15 is 0 Å². The summed E-state index contributed by atoms with van der Waals surface area (Å²) in [5.74, 6) is 0. The lowest BCUT2D eigenvalue weighted by Gasteiger charge is -2.35. The normalized spacial score (nSPS) is 18.8. The molecule has 0 bridgehead atoms. The number of hydrogen-bond donors (Lipinski definition) is 1. The van der Waals surface area contributed by atoms with Crippen molar-refractivity contribution in [3.63, 3.8) is 0 Å². The summed E-state index contributed by atoms with van der Waals surface area (Å²) >= 11 is 6.26. The monoisotopic (exact) mass is 267 g/mol. The fourth-order valence-corrected chi connectivity index (χ4v) is 2.82. The van der Waals surface area contributed by atoms with Gasteiger partial charge in [-0.15, -0.1) is 0 Å². The van der Waals surface area contributed by atoms with E-state index in [-0.39, 0.29) is 0 Å². The van der Waals surface area contributed by atoms with E-state index in [4.69, 9.17) is 11.6 Å². The number of hydrogen-bond acceptors (Lipinski definition) is 3. The first-order valence-electron chi connectivity index (χ1n) is 6.88. The Hall–Kier alpha value is -0.640. The number of rotatable bonds is 5. The Morgan fingerprint density at radius 1 is 1.44 bits per heavy atom. The molecule has 1 aromatic heterocycles. The molecule has 1 saturated heterocycles. The van der Waals surface area contributed by atoms with Gasteiger partial charge in [0, 0.05) is 44.0 Å². The van der Waals surface area contributed by atoms with E-state index in [2.05, 4.69) is 28.2 Å².